The highest BCUT2D eigenvalue weighted by molar-refractivity contribution is 9.10. The van der Waals surface area contributed by atoms with Crippen LogP contribution in [0.15, 0.2) is 15.9 Å². The Bertz CT molecular complexity index is 456. The highest BCUT2D eigenvalue weighted by Gasteiger charge is 2.26. The minimum absolute atomic E-state index is 0.0371. The zero-order valence-electron chi connectivity index (χ0n) is 10.2. The van der Waals surface area contributed by atoms with Gasteiger partial charge in [-0.15, -0.1) is 11.3 Å². The molecule has 1 heterocycles. The molecule has 3 nitrogen and oxygen atoms in total. The maximum Gasteiger partial charge on any atom is 0.151 e. The maximum atomic E-state index is 11.6. The molecule has 2 unspecified atom stereocenters. The molecule has 0 amide bonds. The van der Waals surface area contributed by atoms with Crippen LogP contribution in [0.5, 0.6) is 0 Å². The van der Waals surface area contributed by atoms with E-state index in [-0.39, 0.29) is 11.3 Å². The number of halogens is 1. The Morgan fingerprint density at radius 2 is 2.18 bits per heavy atom. The van der Waals surface area contributed by atoms with Gasteiger partial charge in [0.15, 0.2) is 9.84 Å². The molecular formula is C11H18BrNO2S2. The fourth-order valence-electron chi connectivity index (χ4n) is 1.64. The van der Waals surface area contributed by atoms with Gasteiger partial charge in [0.2, 0.25) is 0 Å². The predicted octanol–water partition coefficient (Wildman–Crippen LogP) is 2.46. The van der Waals surface area contributed by atoms with Crippen molar-refractivity contribution >= 4 is 37.1 Å². The van der Waals surface area contributed by atoms with Crippen LogP contribution in [0.25, 0.3) is 0 Å². The molecule has 0 saturated heterocycles. The number of thiophene rings is 1. The normalized spacial score (nSPS) is 15.8. The van der Waals surface area contributed by atoms with Crippen LogP contribution in [-0.2, 0) is 16.3 Å². The smallest absolute Gasteiger partial charge is 0.151 e. The van der Waals surface area contributed by atoms with Crippen molar-refractivity contribution < 1.29 is 8.42 Å². The van der Waals surface area contributed by atoms with Crippen LogP contribution >= 0.6 is 27.3 Å². The fraction of sp³-hybridized carbons (Fsp3) is 0.636. The van der Waals surface area contributed by atoms with Crippen molar-refractivity contribution in [1.29, 1.82) is 0 Å². The molecule has 1 N–H and O–H groups in total. The van der Waals surface area contributed by atoms with Gasteiger partial charge >= 0.3 is 0 Å². The molecule has 0 spiro atoms. The van der Waals surface area contributed by atoms with E-state index in [0.717, 1.165) is 17.4 Å². The molecule has 1 aromatic rings. The summed E-state index contributed by atoms with van der Waals surface area (Å²) in [5.74, 6) is 0. The second-order valence-electron chi connectivity index (χ2n) is 4.09. The molecule has 0 aliphatic rings. The third kappa shape index (κ3) is 4.35. The van der Waals surface area contributed by atoms with E-state index >= 15 is 0 Å². The first-order valence-corrected chi connectivity index (χ1v) is 9.13. The Kier molecular flexibility index (Phi) is 5.63. The lowest BCUT2D eigenvalue weighted by Gasteiger charge is -2.23. The van der Waals surface area contributed by atoms with Gasteiger partial charge in [-0.05, 0) is 47.3 Å². The van der Waals surface area contributed by atoms with E-state index < -0.39 is 9.84 Å². The van der Waals surface area contributed by atoms with E-state index in [1.54, 1.807) is 18.3 Å². The largest absolute Gasteiger partial charge is 0.313 e. The van der Waals surface area contributed by atoms with Crippen molar-refractivity contribution in [2.45, 2.75) is 31.6 Å². The minimum atomic E-state index is -3.01. The van der Waals surface area contributed by atoms with Crippen molar-refractivity contribution in [3.8, 4) is 0 Å². The van der Waals surface area contributed by atoms with Crippen LogP contribution in [0.2, 0.25) is 0 Å². The zero-order valence-corrected chi connectivity index (χ0v) is 13.5. The van der Waals surface area contributed by atoms with Gasteiger partial charge in [0.25, 0.3) is 0 Å². The first kappa shape index (κ1) is 15.1. The van der Waals surface area contributed by atoms with E-state index in [1.165, 1.54) is 11.1 Å². The highest BCUT2D eigenvalue weighted by atomic mass is 79.9. The van der Waals surface area contributed by atoms with Crippen LogP contribution in [0.1, 0.15) is 18.7 Å². The Morgan fingerprint density at radius 1 is 1.53 bits per heavy atom. The summed E-state index contributed by atoms with van der Waals surface area (Å²) < 4.78 is 24.3. The molecule has 1 aromatic heterocycles. The second kappa shape index (κ2) is 6.31. The van der Waals surface area contributed by atoms with Crippen LogP contribution < -0.4 is 5.32 Å². The summed E-state index contributed by atoms with van der Waals surface area (Å²) in [5.41, 5.74) is 0. The topological polar surface area (TPSA) is 46.2 Å². The van der Waals surface area contributed by atoms with Crippen LogP contribution in [0.3, 0.4) is 0 Å². The third-order valence-corrected chi connectivity index (χ3v) is 6.43. The van der Waals surface area contributed by atoms with E-state index in [9.17, 15) is 8.42 Å². The summed E-state index contributed by atoms with van der Waals surface area (Å²) in [6.45, 7) is 4.53. The van der Waals surface area contributed by atoms with Gasteiger partial charge in [-0.1, -0.05) is 6.92 Å². The van der Waals surface area contributed by atoms with Gasteiger partial charge in [0, 0.05) is 21.6 Å². The summed E-state index contributed by atoms with van der Waals surface area (Å²) >= 11 is 5.13. The Morgan fingerprint density at radius 3 is 2.59 bits per heavy atom. The van der Waals surface area contributed by atoms with Crippen molar-refractivity contribution in [3.05, 3.63) is 20.8 Å². The standard InChI is InChI=1S/C11H18BrNO2S2/c1-4-13-10(8(2)17(3,14)15)7-11-9(12)5-6-16-11/h5-6,8,10,13H,4,7H2,1-3H3. The predicted molar refractivity (Wildman–Crippen MR) is 77.5 cm³/mol. The van der Waals surface area contributed by atoms with Gasteiger partial charge in [-0.2, -0.15) is 0 Å². The number of hydrogen-bond donors (Lipinski definition) is 1. The molecule has 6 heteroatoms. The average molecular weight is 340 g/mol. The van der Waals surface area contributed by atoms with Gasteiger partial charge in [-0.25, -0.2) is 8.42 Å². The quantitative estimate of drug-likeness (QED) is 0.865. The van der Waals surface area contributed by atoms with Crippen LogP contribution in [0.4, 0.5) is 0 Å². The molecule has 17 heavy (non-hydrogen) atoms. The molecule has 98 valence electrons. The van der Waals surface area contributed by atoms with E-state index in [1.807, 2.05) is 18.4 Å². The van der Waals surface area contributed by atoms with Crippen molar-refractivity contribution in [1.82, 2.24) is 5.32 Å². The van der Waals surface area contributed by atoms with Crippen LogP contribution in [-0.4, -0.2) is 32.5 Å². The fourth-order valence-corrected chi connectivity index (χ4v) is 4.00. The molecule has 2 atom stereocenters. The van der Waals surface area contributed by atoms with Crippen molar-refractivity contribution in [3.63, 3.8) is 0 Å². The summed E-state index contributed by atoms with van der Waals surface area (Å²) in [7, 11) is -3.01. The summed E-state index contributed by atoms with van der Waals surface area (Å²) in [6, 6.07) is 1.96. The second-order valence-corrected chi connectivity index (χ2v) is 8.35. The molecule has 0 fully saturated rings. The minimum Gasteiger partial charge on any atom is -0.313 e. The summed E-state index contributed by atoms with van der Waals surface area (Å²) in [6.07, 6.45) is 2.03. The van der Waals surface area contributed by atoms with Gasteiger partial charge in [0.1, 0.15) is 0 Å². The first-order valence-electron chi connectivity index (χ1n) is 5.50. The third-order valence-electron chi connectivity index (χ3n) is 2.80. The Labute approximate surface area is 116 Å². The maximum absolute atomic E-state index is 11.6. The van der Waals surface area contributed by atoms with E-state index in [4.69, 9.17) is 0 Å². The number of nitrogens with one attached hydrogen (secondary N) is 1. The molecule has 0 aromatic carbocycles. The van der Waals surface area contributed by atoms with Gasteiger partial charge in [0.05, 0.1) is 5.25 Å². The lowest BCUT2D eigenvalue weighted by atomic mass is 10.1. The lowest BCUT2D eigenvalue weighted by molar-refractivity contribution is 0.495. The van der Waals surface area contributed by atoms with E-state index in [2.05, 4.69) is 21.2 Å². The monoisotopic (exact) mass is 339 g/mol. The summed E-state index contributed by atoms with van der Waals surface area (Å²) in [5, 5.41) is 4.89. The molecule has 0 bridgehead atoms. The zero-order chi connectivity index (χ0) is 13.1. The highest BCUT2D eigenvalue weighted by Crippen LogP contribution is 2.25. The molecule has 0 radical (unpaired) electrons. The number of hydrogen-bond acceptors (Lipinski definition) is 4. The Balaban J connectivity index is 2.84. The molecular weight excluding hydrogens is 322 g/mol. The molecule has 0 aliphatic heterocycles. The number of rotatable bonds is 6. The Hall–Kier alpha value is 0.0900. The SMILES string of the molecule is CCNC(Cc1sccc1Br)C(C)S(C)(=O)=O. The van der Waals surface area contributed by atoms with Gasteiger partial charge < -0.3 is 5.32 Å². The lowest BCUT2D eigenvalue weighted by Crippen LogP contribution is -2.43. The van der Waals surface area contributed by atoms with Gasteiger partial charge in [-0.3, -0.25) is 0 Å². The molecule has 0 saturated carbocycles. The number of likely N-dealkylation sites (N-methyl/N-ethyl adjacent to an activating group) is 1. The van der Waals surface area contributed by atoms with Crippen molar-refractivity contribution in [2.24, 2.45) is 0 Å². The van der Waals surface area contributed by atoms with E-state index in [0.29, 0.717) is 0 Å². The number of sulfone groups is 1. The average Bonchev–Trinajstić information content (AvgIpc) is 2.61. The van der Waals surface area contributed by atoms with Crippen molar-refractivity contribution in [2.75, 3.05) is 12.8 Å². The first-order chi connectivity index (χ1) is 7.86. The molecule has 1 rings (SSSR count). The molecule has 0 aliphatic carbocycles. The van der Waals surface area contributed by atoms with Crippen LogP contribution in [0, 0.1) is 0 Å². The summed E-state index contributed by atoms with van der Waals surface area (Å²) in [4.78, 5) is 1.19.